The summed E-state index contributed by atoms with van der Waals surface area (Å²) in [7, 11) is 0. The largest absolute Gasteiger partial charge is 0.325 e. The van der Waals surface area contributed by atoms with Crippen molar-refractivity contribution in [2.24, 2.45) is 0 Å². The van der Waals surface area contributed by atoms with Crippen LogP contribution in [0.25, 0.3) is 0 Å². The summed E-state index contributed by atoms with van der Waals surface area (Å²) in [6.07, 6.45) is 4.45. The molecule has 0 radical (unpaired) electrons. The van der Waals surface area contributed by atoms with Crippen molar-refractivity contribution in [3.05, 3.63) is 39.5 Å². The summed E-state index contributed by atoms with van der Waals surface area (Å²) in [5, 5.41) is 3.23. The van der Waals surface area contributed by atoms with Gasteiger partial charge in [-0.2, -0.15) is 0 Å². The van der Waals surface area contributed by atoms with E-state index in [1.54, 1.807) is 6.07 Å². The van der Waals surface area contributed by atoms with Gasteiger partial charge in [0.1, 0.15) is 5.82 Å². The molecule has 0 atom stereocenters. The Hall–Kier alpha value is -1.11. The third kappa shape index (κ3) is 2.23. The molecule has 0 amide bonds. The van der Waals surface area contributed by atoms with E-state index < -0.39 is 0 Å². The molecule has 1 aliphatic rings. The first-order valence-corrected chi connectivity index (χ1v) is 6.99. The minimum absolute atomic E-state index is 0.207. The molecule has 5 heteroatoms. The van der Waals surface area contributed by atoms with Gasteiger partial charge < -0.3 is 9.88 Å². The lowest BCUT2D eigenvalue weighted by Gasteiger charge is -2.10. The highest BCUT2D eigenvalue weighted by Gasteiger charge is 2.26. The maximum absolute atomic E-state index is 13.5. The molecule has 1 fully saturated rings. The smallest absolute Gasteiger partial charge is 0.207 e. The van der Waals surface area contributed by atoms with Gasteiger partial charge >= 0.3 is 0 Å². The number of halogens is 2. The van der Waals surface area contributed by atoms with Crippen molar-refractivity contribution in [3.8, 4) is 0 Å². The molecule has 0 saturated heterocycles. The van der Waals surface area contributed by atoms with E-state index in [0.717, 1.165) is 17.3 Å². The van der Waals surface area contributed by atoms with Crippen LogP contribution in [0.2, 0.25) is 0 Å². The first kappa shape index (κ1) is 12.0. The van der Waals surface area contributed by atoms with E-state index in [0.29, 0.717) is 9.61 Å². The molecule has 3 rings (SSSR count). The molecule has 1 saturated carbocycles. The van der Waals surface area contributed by atoms with Crippen LogP contribution in [0.15, 0.2) is 24.4 Å². The van der Waals surface area contributed by atoms with Gasteiger partial charge in [-0.05, 0) is 54.5 Å². The molecule has 1 N–H and O–H groups in total. The van der Waals surface area contributed by atoms with Gasteiger partial charge in [0.15, 0.2) is 0 Å². The molecule has 1 aromatic heterocycles. The fourth-order valence-corrected chi connectivity index (χ4v) is 2.45. The van der Waals surface area contributed by atoms with Crippen molar-refractivity contribution >= 4 is 34.2 Å². The van der Waals surface area contributed by atoms with Crippen LogP contribution < -0.4 is 5.32 Å². The number of hydrogen-bond donors (Lipinski definition) is 1. The summed E-state index contributed by atoms with van der Waals surface area (Å²) in [5.74, 6) is 0.598. The van der Waals surface area contributed by atoms with Crippen molar-refractivity contribution < 1.29 is 4.39 Å². The van der Waals surface area contributed by atoms with E-state index in [4.69, 9.17) is 0 Å². The lowest BCUT2D eigenvalue weighted by atomic mass is 10.3. The molecule has 1 heterocycles. The number of nitrogens with one attached hydrogen (secondary N) is 1. The summed E-state index contributed by atoms with van der Waals surface area (Å²) < 4.78 is 16.2. The van der Waals surface area contributed by atoms with Gasteiger partial charge in [0.25, 0.3) is 0 Å². The van der Waals surface area contributed by atoms with Gasteiger partial charge in [0.05, 0.1) is 15.0 Å². The minimum atomic E-state index is -0.207. The van der Waals surface area contributed by atoms with E-state index in [9.17, 15) is 4.39 Å². The SMILES string of the molecule is Cc1cn(C2CC2)c(Nc2cccc(F)c2I)n1. The van der Waals surface area contributed by atoms with Gasteiger partial charge in [-0.25, -0.2) is 9.37 Å². The molecular formula is C13H13FIN3. The molecule has 0 spiro atoms. The average molecular weight is 357 g/mol. The molecule has 2 aromatic rings. The lowest BCUT2D eigenvalue weighted by molar-refractivity contribution is 0.621. The molecule has 18 heavy (non-hydrogen) atoms. The normalized spacial score (nSPS) is 14.8. The van der Waals surface area contributed by atoms with Crippen LogP contribution in [-0.2, 0) is 0 Å². The fourth-order valence-electron chi connectivity index (χ4n) is 1.96. The Morgan fingerprint density at radius 2 is 2.22 bits per heavy atom. The molecule has 94 valence electrons. The van der Waals surface area contributed by atoms with E-state index in [2.05, 4.69) is 14.9 Å². The molecule has 1 aromatic carbocycles. The highest BCUT2D eigenvalue weighted by Crippen LogP contribution is 2.38. The third-order valence-corrected chi connectivity index (χ3v) is 4.09. The number of anilines is 2. The molecule has 0 aliphatic heterocycles. The second-order valence-electron chi connectivity index (χ2n) is 4.57. The van der Waals surface area contributed by atoms with Gasteiger partial charge in [-0.1, -0.05) is 6.07 Å². The first-order chi connectivity index (χ1) is 8.65. The van der Waals surface area contributed by atoms with Gasteiger partial charge in [-0.3, -0.25) is 0 Å². The minimum Gasteiger partial charge on any atom is -0.325 e. The van der Waals surface area contributed by atoms with Crippen LogP contribution >= 0.6 is 22.6 Å². The summed E-state index contributed by atoms with van der Waals surface area (Å²) in [5.41, 5.74) is 1.75. The molecule has 0 unspecified atom stereocenters. The molecule has 1 aliphatic carbocycles. The standard InChI is InChI=1S/C13H13FIN3/c1-8-7-18(9-5-6-9)13(16-8)17-11-4-2-3-10(14)12(11)15/h2-4,7,9H,5-6H2,1H3,(H,16,17). The summed E-state index contributed by atoms with van der Waals surface area (Å²) in [6.45, 7) is 1.97. The third-order valence-electron chi connectivity index (χ3n) is 2.99. The van der Waals surface area contributed by atoms with Crippen molar-refractivity contribution in [1.82, 2.24) is 9.55 Å². The fraction of sp³-hybridized carbons (Fsp3) is 0.308. The predicted octanol–water partition coefficient (Wildman–Crippen LogP) is 4.01. The zero-order valence-corrected chi connectivity index (χ0v) is 12.1. The van der Waals surface area contributed by atoms with E-state index in [1.807, 2.05) is 41.8 Å². The molecule has 3 nitrogen and oxygen atoms in total. The highest BCUT2D eigenvalue weighted by atomic mass is 127. The number of nitrogens with zero attached hydrogens (tertiary/aromatic N) is 2. The topological polar surface area (TPSA) is 29.9 Å². The Bertz CT molecular complexity index is 590. The Balaban J connectivity index is 1.94. The summed E-state index contributed by atoms with van der Waals surface area (Å²) in [6, 6.07) is 5.59. The van der Waals surface area contributed by atoms with Crippen LogP contribution in [0.1, 0.15) is 24.6 Å². The zero-order valence-electron chi connectivity index (χ0n) is 9.95. The zero-order chi connectivity index (χ0) is 12.7. The summed E-state index contributed by atoms with van der Waals surface area (Å²) >= 11 is 2.01. The van der Waals surface area contributed by atoms with Crippen LogP contribution in [0.5, 0.6) is 0 Å². The monoisotopic (exact) mass is 357 g/mol. The van der Waals surface area contributed by atoms with Crippen LogP contribution in [0, 0.1) is 16.3 Å². The van der Waals surface area contributed by atoms with Crippen LogP contribution in [0.3, 0.4) is 0 Å². The quantitative estimate of drug-likeness (QED) is 0.842. The maximum atomic E-state index is 13.5. The van der Waals surface area contributed by atoms with Crippen LogP contribution in [-0.4, -0.2) is 9.55 Å². The Labute approximate surface area is 119 Å². The van der Waals surface area contributed by atoms with Crippen molar-refractivity contribution in [2.75, 3.05) is 5.32 Å². The van der Waals surface area contributed by atoms with Gasteiger partial charge in [0.2, 0.25) is 5.95 Å². The highest BCUT2D eigenvalue weighted by molar-refractivity contribution is 14.1. The second-order valence-corrected chi connectivity index (χ2v) is 5.65. The Morgan fingerprint density at radius 3 is 2.94 bits per heavy atom. The van der Waals surface area contributed by atoms with Crippen molar-refractivity contribution in [1.29, 1.82) is 0 Å². The number of rotatable bonds is 3. The number of aryl methyl sites for hydroxylation is 1. The average Bonchev–Trinajstić information content (AvgIpc) is 3.10. The second kappa shape index (κ2) is 4.53. The van der Waals surface area contributed by atoms with Crippen LogP contribution in [0.4, 0.5) is 16.0 Å². The van der Waals surface area contributed by atoms with Crippen molar-refractivity contribution in [3.63, 3.8) is 0 Å². The number of benzene rings is 1. The number of hydrogen-bond acceptors (Lipinski definition) is 2. The number of aromatic nitrogens is 2. The van der Waals surface area contributed by atoms with Gasteiger partial charge in [-0.15, -0.1) is 0 Å². The van der Waals surface area contributed by atoms with E-state index in [1.165, 1.54) is 18.9 Å². The van der Waals surface area contributed by atoms with E-state index >= 15 is 0 Å². The summed E-state index contributed by atoms with van der Waals surface area (Å²) in [4.78, 5) is 4.46. The first-order valence-electron chi connectivity index (χ1n) is 5.91. The molecular weight excluding hydrogens is 344 g/mol. The van der Waals surface area contributed by atoms with Gasteiger partial charge in [0, 0.05) is 12.2 Å². The Kier molecular flexibility index (Phi) is 3.01. The molecule has 0 bridgehead atoms. The predicted molar refractivity (Wildman–Crippen MR) is 77.6 cm³/mol. The van der Waals surface area contributed by atoms with Crippen molar-refractivity contribution in [2.45, 2.75) is 25.8 Å². The van der Waals surface area contributed by atoms with E-state index in [-0.39, 0.29) is 5.82 Å². The maximum Gasteiger partial charge on any atom is 0.207 e. The Morgan fingerprint density at radius 1 is 1.44 bits per heavy atom. The lowest BCUT2D eigenvalue weighted by Crippen LogP contribution is -2.03. The number of imidazole rings is 1.